The Morgan fingerprint density at radius 3 is 2.80 bits per heavy atom. The molecule has 1 N–H and O–H groups in total. The Morgan fingerprint density at radius 2 is 1.95 bits per heavy atom. The van der Waals surface area contributed by atoms with Gasteiger partial charge in [-0.3, -0.25) is 4.79 Å². The highest BCUT2D eigenvalue weighted by molar-refractivity contribution is 5.89. The van der Waals surface area contributed by atoms with E-state index < -0.39 is 0 Å². The van der Waals surface area contributed by atoms with Crippen molar-refractivity contribution in [2.45, 2.75) is 64.8 Å². The first kappa shape index (κ1) is 12.9. The number of amides is 1. The van der Waals surface area contributed by atoms with E-state index in [1.807, 2.05) is 0 Å². The third-order valence-electron chi connectivity index (χ3n) is 7.47. The van der Waals surface area contributed by atoms with E-state index in [0.29, 0.717) is 11.5 Å². The van der Waals surface area contributed by atoms with Crippen LogP contribution in [0.15, 0.2) is 12.2 Å². The summed E-state index contributed by atoms with van der Waals surface area (Å²) in [5, 5.41) is 3.24. The molecule has 3 fully saturated rings. The molecule has 0 radical (unpaired) electrons. The number of hydrogen-bond acceptors (Lipinski definition) is 1. The molecule has 2 nitrogen and oxygen atoms in total. The maximum absolute atomic E-state index is 11.7. The number of hydrogen-bond donors (Lipinski definition) is 1. The molecular weight excluding hydrogens is 246 g/mol. The van der Waals surface area contributed by atoms with Crippen LogP contribution >= 0.6 is 0 Å². The minimum Gasteiger partial charge on any atom is -0.349 e. The van der Waals surface area contributed by atoms with E-state index in [-0.39, 0.29) is 11.3 Å². The summed E-state index contributed by atoms with van der Waals surface area (Å²) in [5.41, 5.74) is 0.840. The van der Waals surface area contributed by atoms with E-state index in [9.17, 15) is 4.79 Å². The molecule has 3 saturated carbocycles. The summed E-state index contributed by atoms with van der Waals surface area (Å²) < 4.78 is 0. The van der Waals surface area contributed by atoms with Gasteiger partial charge in [0.15, 0.2) is 0 Å². The molecule has 4 rings (SSSR count). The lowest BCUT2D eigenvalue weighted by atomic mass is 9.49. The molecule has 20 heavy (non-hydrogen) atoms. The van der Waals surface area contributed by atoms with Crippen LogP contribution in [0.5, 0.6) is 0 Å². The van der Waals surface area contributed by atoms with Crippen LogP contribution in [0.1, 0.15) is 58.8 Å². The molecule has 3 aliphatic carbocycles. The number of rotatable bonds is 0. The zero-order valence-corrected chi connectivity index (χ0v) is 12.8. The number of carbonyl (C=O) groups excluding carboxylic acids is 1. The highest BCUT2D eigenvalue weighted by Crippen LogP contribution is 2.63. The molecular formula is C18H27NO. The molecule has 6 atom stereocenters. The molecule has 0 aromatic heterocycles. The van der Waals surface area contributed by atoms with Crippen molar-refractivity contribution in [2.75, 3.05) is 0 Å². The summed E-state index contributed by atoms with van der Waals surface area (Å²) in [6, 6.07) is 0.381. The highest BCUT2D eigenvalue weighted by Gasteiger charge is 2.57. The lowest BCUT2D eigenvalue weighted by Crippen LogP contribution is -2.58. The normalized spacial score (nSPS) is 53.8. The molecule has 2 heteroatoms. The van der Waals surface area contributed by atoms with Crippen LogP contribution in [0.2, 0.25) is 0 Å². The first-order valence-corrected chi connectivity index (χ1v) is 8.53. The second kappa shape index (κ2) is 4.11. The molecule has 0 aromatic carbocycles. The van der Waals surface area contributed by atoms with Crippen LogP contribution in [-0.4, -0.2) is 11.9 Å². The van der Waals surface area contributed by atoms with Crippen LogP contribution in [-0.2, 0) is 4.79 Å². The van der Waals surface area contributed by atoms with E-state index in [1.165, 1.54) is 44.9 Å². The lowest BCUT2D eigenvalue weighted by Gasteiger charge is -2.58. The van der Waals surface area contributed by atoms with Crippen LogP contribution in [0.25, 0.3) is 0 Å². The number of fused-ring (bicyclic) bond motifs is 5. The summed E-state index contributed by atoms with van der Waals surface area (Å²) in [6.07, 6.45) is 13.7. The van der Waals surface area contributed by atoms with Crippen LogP contribution in [0, 0.1) is 28.6 Å². The van der Waals surface area contributed by atoms with Gasteiger partial charge >= 0.3 is 0 Å². The summed E-state index contributed by atoms with van der Waals surface area (Å²) in [6.45, 7) is 4.95. The van der Waals surface area contributed by atoms with Gasteiger partial charge in [0.1, 0.15) is 0 Å². The van der Waals surface area contributed by atoms with Gasteiger partial charge in [-0.05, 0) is 67.8 Å². The zero-order chi connectivity index (χ0) is 14.0. The fourth-order valence-corrected chi connectivity index (χ4v) is 6.33. The largest absolute Gasteiger partial charge is 0.349 e. The van der Waals surface area contributed by atoms with Crippen molar-refractivity contribution in [3.8, 4) is 0 Å². The molecule has 1 amide bonds. The molecule has 0 saturated heterocycles. The molecule has 0 bridgehead atoms. The smallest absolute Gasteiger partial charge is 0.243 e. The van der Waals surface area contributed by atoms with E-state index in [4.69, 9.17) is 0 Å². The average molecular weight is 273 g/mol. The van der Waals surface area contributed by atoms with Gasteiger partial charge in [-0.25, -0.2) is 0 Å². The average Bonchev–Trinajstić information content (AvgIpc) is 2.81. The molecule has 110 valence electrons. The third kappa shape index (κ3) is 1.60. The predicted octanol–water partition coefficient (Wildman–Crippen LogP) is 3.67. The standard InChI is InChI=1S/C18H27NO/c1-17-9-3-4-13(17)12-5-6-15-18(2,14(12)7-10-17)11-8-16(20)19-15/h8,11-15H,3-7,9-10H2,1-2H3,(H,19,20)/t12?,13?,14?,15-,17?,18?/m0/s1. The van der Waals surface area contributed by atoms with Crippen molar-refractivity contribution >= 4 is 5.91 Å². The molecule has 1 heterocycles. The van der Waals surface area contributed by atoms with Crippen molar-refractivity contribution < 1.29 is 4.79 Å². The van der Waals surface area contributed by atoms with Crippen molar-refractivity contribution in [3.63, 3.8) is 0 Å². The van der Waals surface area contributed by atoms with Crippen LogP contribution in [0.3, 0.4) is 0 Å². The quantitative estimate of drug-likeness (QED) is 0.717. The Balaban J connectivity index is 1.68. The monoisotopic (exact) mass is 273 g/mol. The van der Waals surface area contributed by atoms with Crippen molar-refractivity contribution in [2.24, 2.45) is 28.6 Å². The van der Waals surface area contributed by atoms with Crippen molar-refractivity contribution in [3.05, 3.63) is 12.2 Å². The van der Waals surface area contributed by atoms with E-state index in [1.54, 1.807) is 6.08 Å². The Morgan fingerprint density at radius 1 is 1.10 bits per heavy atom. The van der Waals surface area contributed by atoms with E-state index >= 15 is 0 Å². The lowest BCUT2D eigenvalue weighted by molar-refractivity contribution is -0.122. The van der Waals surface area contributed by atoms with Gasteiger partial charge in [0.2, 0.25) is 5.91 Å². The van der Waals surface area contributed by atoms with Gasteiger partial charge in [-0.1, -0.05) is 26.3 Å². The Kier molecular flexibility index (Phi) is 2.66. The van der Waals surface area contributed by atoms with E-state index in [2.05, 4.69) is 25.2 Å². The van der Waals surface area contributed by atoms with Gasteiger partial charge in [0, 0.05) is 11.5 Å². The highest BCUT2D eigenvalue weighted by atomic mass is 16.1. The second-order valence-corrected chi connectivity index (χ2v) is 8.30. The molecule has 1 aliphatic heterocycles. The predicted molar refractivity (Wildman–Crippen MR) is 80.1 cm³/mol. The van der Waals surface area contributed by atoms with Gasteiger partial charge in [0.25, 0.3) is 0 Å². The topological polar surface area (TPSA) is 29.1 Å². The maximum Gasteiger partial charge on any atom is 0.243 e. The summed E-state index contributed by atoms with van der Waals surface area (Å²) in [5.74, 6) is 2.75. The summed E-state index contributed by atoms with van der Waals surface area (Å²) in [4.78, 5) is 11.7. The Hall–Kier alpha value is -0.790. The van der Waals surface area contributed by atoms with Crippen LogP contribution < -0.4 is 5.32 Å². The minimum absolute atomic E-state index is 0.118. The third-order valence-corrected chi connectivity index (χ3v) is 7.47. The molecule has 0 aromatic rings. The zero-order valence-electron chi connectivity index (χ0n) is 12.8. The van der Waals surface area contributed by atoms with Gasteiger partial charge in [0.05, 0.1) is 0 Å². The second-order valence-electron chi connectivity index (χ2n) is 8.30. The molecule has 0 spiro atoms. The fraction of sp³-hybridized carbons (Fsp3) is 0.833. The van der Waals surface area contributed by atoms with Gasteiger partial charge < -0.3 is 5.32 Å². The SMILES string of the molecule is CC12CCCC1C1CC[C@@H]3NC(=O)C=CC3(C)C1CC2. The fourth-order valence-electron chi connectivity index (χ4n) is 6.33. The van der Waals surface area contributed by atoms with Crippen molar-refractivity contribution in [1.29, 1.82) is 0 Å². The number of nitrogens with one attached hydrogen (secondary N) is 1. The van der Waals surface area contributed by atoms with Crippen molar-refractivity contribution in [1.82, 2.24) is 5.32 Å². The number of carbonyl (C=O) groups is 1. The minimum atomic E-state index is 0.118. The Labute approximate surface area is 122 Å². The summed E-state index contributed by atoms with van der Waals surface area (Å²) in [7, 11) is 0. The molecule has 4 aliphatic rings. The van der Waals surface area contributed by atoms with Gasteiger partial charge in [-0.15, -0.1) is 0 Å². The van der Waals surface area contributed by atoms with E-state index in [0.717, 1.165) is 17.8 Å². The maximum atomic E-state index is 11.7. The first-order valence-electron chi connectivity index (χ1n) is 8.53. The summed E-state index contributed by atoms with van der Waals surface area (Å²) >= 11 is 0. The first-order chi connectivity index (χ1) is 9.53. The molecule has 5 unspecified atom stereocenters. The van der Waals surface area contributed by atoms with Crippen LogP contribution in [0.4, 0.5) is 0 Å². The Bertz CT molecular complexity index is 470. The van der Waals surface area contributed by atoms with Gasteiger partial charge in [-0.2, -0.15) is 0 Å².